The number of halogens is 6. The normalized spacial score (nSPS) is 22.5. The lowest BCUT2D eigenvalue weighted by Gasteiger charge is -2.09. The van der Waals surface area contributed by atoms with Gasteiger partial charge in [0.1, 0.15) is 6.61 Å². The second kappa shape index (κ2) is 6.14. The SMILES string of the molecule is CC(F)=CC1C(C(=O)OCc2c(F)c(F)c(F)c(F)c2F)C1(C)C. The van der Waals surface area contributed by atoms with E-state index in [-0.39, 0.29) is 0 Å². The number of carbonyl (C=O) groups is 1. The minimum absolute atomic E-state index is 0.466. The molecule has 0 amide bonds. The van der Waals surface area contributed by atoms with Gasteiger partial charge >= 0.3 is 5.97 Å². The van der Waals surface area contributed by atoms with E-state index in [2.05, 4.69) is 4.74 Å². The topological polar surface area (TPSA) is 26.3 Å². The van der Waals surface area contributed by atoms with Crippen molar-refractivity contribution in [1.82, 2.24) is 0 Å². The molecule has 0 saturated heterocycles. The molecular formula is C16H14F6O2. The first-order valence-corrected chi connectivity index (χ1v) is 7.01. The standard InChI is InChI=1S/C16H14F6O2/c1-6(17)4-8-9(16(8,2)3)15(23)24-5-7-10(18)12(20)14(22)13(21)11(7)19/h4,8-9H,5H2,1-3H3. The van der Waals surface area contributed by atoms with Crippen LogP contribution in [0, 0.1) is 46.3 Å². The van der Waals surface area contributed by atoms with Gasteiger partial charge < -0.3 is 4.74 Å². The molecule has 2 nitrogen and oxygen atoms in total. The Bertz CT molecular complexity index is 693. The van der Waals surface area contributed by atoms with Crippen LogP contribution in [0.3, 0.4) is 0 Å². The van der Waals surface area contributed by atoms with Crippen LogP contribution in [-0.2, 0) is 16.1 Å². The number of ether oxygens (including phenoxy) is 1. The summed E-state index contributed by atoms with van der Waals surface area (Å²) >= 11 is 0. The fourth-order valence-corrected chi connectivity index (χ4v) is 2.70. The summed E-state index contributed by atoms with van der Waals surface area (Å²) in [6, 6.07) is 0. The van der Waals surface area contributed by atoms with Crippen LogP contribution < -0.4 is 0 Å². The molecule has 24 heavy (non-hydrogen) atoms. The maximum absolute atomic E-state index is 13.5. The number of allylic oxidation sites excluding steroid dienone is 2. The maximum Gasteiger partial charge on any atom is 0.310 e. The van der Waals surface area contributed by atoms with E-state index < -0.39 is 70.3 Å². The molecule has 2 atom stereocenters. The van der Waals surface area contributed by atoms with Crippen molar-refractivity contribution >= 4 is 5.97 Å². The number of hydrogen-bond acceptors (Lipinski definition) is 2. The Kier molecular flexibility index (Phi) is 4.70. The summed E-state index contributed by atoms with van der Waals surface area (Å²) in [6.45, 7) is 3.43. The monoisotopic (exact) mass is 352 g/mol. The van der Waals surface area contributed by atoms with Crippen LogP contribution in [0.15, 0.2) is 11.9 Å². The average molecular weight is 352 g/mol. The van der Waals surface area contributed by atoms with E-state index in [0.29, 0.717) is 0 Å². The van der Waals surface area contributed by atoms with Gasteiger partial charge in [0.25, 0.3) is 0 Å². The molecule has 0 radical (unpaired) electrons. The fraction of sp³-hybridized carbons (Fsp3) is 0.438. The van der Waals surface area contributed by atoms with Crippen LogP contribution in [0.5, 0.6) is 0 Å². The van der Waals surface area contributed by atoms with E-state index in [4.69, 9.17) is 0 Å². The lowest BCUT2D eigenvalue weighted by molar-refractivity contribution is -0.147. The average Bonchev–Trinajstić information content (AvgIpc) is 3.02. The van der Waals surface area contributed by atoms with E-state index >= 15 is 0 Å². The zero-order valence-corrected chi connectivity index (χ0v) is 13.0. The molecule has 2 unspecified atom stereocenters. The molecular weight excluding hydrogens is 338 g/mol. The highest BCUT2D eigenvalue weighted by Gasteiger charge is 2.61. The predicted molar refractivity (Wildman–Crippen MR) is 71.7 cm³/mol. The highest BCUT2D eigenvalue weighted by molar-refractivity contribution is 5.78. The zero-order valence-electron chi connectivity index (χ0n) is 13.0. The lowest BCUT2D eigenvalue weighted by atomic mass is 10.1. The minimum Gasteiger partial charge on any atom is -0.460 e. The van der Waals surface area contributed by atoms with Gasteiger partial charge in [0.15, 0.2) is 23.3 Å². The lowest BCUT2D eigenvalue weighted by Crippen LogP contribution is -2.14. The first kappa shape index (κ1) is 18.4. The molecule has 1 aromatic rings. The number of hydrogen-bond donors (Lipinski definition) is 0. The van der Waals surface area contributed by atoms with E-state index in [9.17, 15) is 31.1 Å². The Balaban J connectivity index is 2.16. The van der Waals surface area contributed by atoms with Gasteiger partial charge in [-0.15, -0.1) is 0 Å². The Morgan fingerprint density at radius 1 is 1.04 bits per heavy atom. The number of rotatable bonds is 4. The van der Waals surface area contributed by atoms with E-state index in [1.54, 1.807) is 13.8 Å². The smallest absolute Gasteiger partial charge is 0.310 e. The van der Waals surface area contributed by atoms with Gasteiger partial charge in [-0.3, -0.25) is 4.79 Å². The minimum atomic E-state index is -2.29. The van der Waals surface area contributed by atoms with Gasteiger partial charge in [-0.2, -0.15) is 0 Å². The summed E-state index contributed by atoms with van der Waals surface area (Å²) in [5.41, 5.74) is -1.85. The summed E-state index contributed by atoms with van der Waals surface area (Å²) in [6.07, 6.45) is 1.23. The molecule has 0 spiro atoms. The van der Waals surface area contributed by atoms with Gasteiger partial charge in [0.2, 0.25) is 5.82 Å². The van der Waals surface area contributed by atoms with Crippen LogP contribution in [0.25, 0.3) is 0 Å². The van der Waals surface area contributed by atoms with Gasteiger partial charge in [-0.05, 0) is 24.3 Å². The second-order valence-corrected chi connectivity index (χ2v) is 6.23. The van der Waals surface area contributed by atoms with Crippen molar-refractivity contribution in [2.75, 3.05) is 0 Å². The summed E-state index contributed by atoms with van der Waals surface area (Å²) in [4.78, 5) is 12.0. The molecule has 0 aromatic heterocycles. The Labute approximate surface area is 134 Å². The third-order valence-corrected chi connectivity index (χ3v) is 4.23. The van der Waals surface area contributed by atoms with Gasteiger partial charge in [0, 0.05) is 0 Å². The van der Waals surface area contributed by atoms with Gasteiger partial charge in [-0.1, -0.05) is 13.8 Å². The summed E-state index contributed by atoms with van der Waals surface area (Å²) in [5, 5.41) is 0. The van der Waals surface area contributed by atoms with E-state index in [1.807, 2.05) is 0 Å². The van der Waals surface area contributed by atoms with Crippen LogP contribution >= 0.6 is 0 Å². The summed E-state index contributed by atoms with van der Waals surface area (Å²) < 4.78 is 83.7. The Hall–Kier alpha value is -1.99. The highest BCUT2D eigenvalue weighted by atomic mass is 19.2. The van der Waals surface area contributed by atoms with Crippen LogP contribution in [0.1, 0.15) is 26.3 Å². The fourth-order valence-electron chi connectivity index (χ4n) is 2.70. The third kappa shape index (κ3) is 3.01. The highest BCUT2D eigenvalue weighted by Crippen LogP contribution is 2.59. The van der Waals surface area contributed by atoms with E-state index in [1.165, 1.54) is 13.0 Å². The summed E-state index contributed by atoms with van der Waals surface area (Å²) in [7, 11) is 0. The van der Waals surface area contributed by atoms with Crippen LogP contribution in [0.2, 0.25) is 0 Å². The molecule has 1 aliphatic carbocycles. The first-order chi connectivity index (χ1) is 11.0. The largest absolute Gasteiger partial charge is 0.460 e. The molecule has 0 bridgehead atoms. The Morgan fingerprint density at radius 2 is 1.50 bits per heavy atom. The molecule has 1 fully saturated rings. The van der Waals surface area contributed by atoms with Crippen molar-refractivity contribution in [3.8, 4) is 0 Å². The molecule has 2 rings (SSSR count). The molecule has 1 aromatic carbocycles. The van der Waals surface area contributed by atoms with Crippen molar-refractivity contribution in [3.63, 3.8) is 0 Å². The molecule has 0 aliphatic heterocycles. The van der Waals surface area contributed by atoms with Crippen molar-refractivity contribution in [3.05, 3.63) is 46.6 Å². The number of esters is 1. The number of benzene rings is 1. The first-order valence-electron chi connectivity index (χ1n) is 7.01. The quantitative estimate of drug-likeness (QED) is 0.343. The van der Waals surface area contributed by atoms with E-state index in [0.717, 1.165) is 0 Å². The van der Waals surface area contributed by atoms with Gasteiger partial charge in [0.05, 0.1) is 17.3 Å². The molecule has 0 heterocycles. The molecule has 1 saturated carbocycles. The van der Waals surface area contributed by atoms with Crippen molar-refractivity contribution in [1.29, 1.82) is 0 Å². The predicted octanol–water partition coefficient (Wildman–Crippen LogP) is 4.57. The Morgan fingerprint density at radius 3 is 1.96 bits per heavy atom. The molecule has 1 aliphatic rings. The van der Waals surface area contributed by atoms with Crippen molar-refractivity contribution in [2.45, 2.75) is 27.4 Å². The van der Waals surface area contributed by atoms with Crippen LogP contribution in [0.4, 0.5) is 26.3 Å². The molecule has 8 heteroatoms. The molecule has 132 valence electrons. The summed E-state index contributed by atoms with van der Waals surface area (Å²) in [5.74, 6) is -13.2. The van der Waals surface area contributed by atoms with Crippen LogP contribution in [-0.4, -0.2) is 5.97 Å². The third-order valence-electron chi connectivity index (χ3n) is 4.23. The second-order valence-electron chi connectivity index (χ2n) is 6.23. The zero-order chi connectivity index (χ0) is 18.4. The maximum atomic E-state index is 13.5. The van der Waals surface area contributed by atoms with Crippen molar-refractivity contribution < 1.29 is 35.9 Å². The van der Waals surface area contributed by atoms with Crippen molar-refractivity contribution in [2.24, 2.45) is 17.3 Å². The number of carbonyl (C=O) groups excluding carboxylic acids is 1. The molecule has 0 N–H and O–H groups in total. The van der Waals surface area contributed by atoms with Gasteiger partial charge in [-0.25, -0.2) is 26.3 Å².